The second-order valence-electron chi connectivity index (χ2n) is 7.70. The molecule has 0 heterocycles. The van der Waals surface area contributed by atoms with E-state index in [2.05, 4.69) is 31.0 Å². The van der Waals surface area contributed by atoms with Crippen LogP contribution in [0.15, 0.2) is 0 Å². The molecule has 0 atom stereocenters. The first-order valence-electron chi connectivity index (χ1n) is 9.10. The first-order valence-corrected chi connectivity index (χ1v) is 9.10. The zero-order chi connectivity index (χ0) is 14.4. The van der Waals surface area contributed by atoms with Crippen LogP contribution in [0.3, 0.4) is 0 Å². The van der Waals surface area contributed by atoms with Gasteiger partial charge >= 0.3 is 0 Å². The second kappa shape index (κ2) is 7.79. The standard InChI is InChI=1S/C18H36N2/c1-4-12-19-14-18(10-6-5-7-11-18)15-20(16(2)3)13-17-8-9-17/h16-17,19H,4-15H2,1-3H3. The van der Waals surface area contributed by atoms with Crippen LogP contribution < -0.4 is 5.32 Å². The van der Waals surface area contributed by atoms with Crippen molar-refractivity contribution in [1.82, 2.24) is 10.2 Å². The first-order chi connectivity index (χ1) is 9.65. The summed E-state index contributed by atoms with van der Waals surface area (Å²) in [4.78, 5) is 2.79. The molecule has 2 fully saturated rings. The fourth-order valence-electron chi connectivity index (χ4n) is 3.74. The van der Waals surface area contributed by atoms with Crippen LogP contribution in [-0.2, 0) is 0 Å². The van der Waals surface area contributed by atoms with E-state index < -0.39 is 0 Å². The summed E-state index contributed by atoms with van der Waals surface area (Å²) in [5.41, 5.74) is 0.562. The molecule has 0 unspecified atom stereocenters. The third-order valence-electron chi connectivity index (χ3n) is 5.30. The van der Waals surface area contributed by atoms with E-state index in [1.807, 2.05) is 0 Å². The summed E-state index contributed by atoms with van der Waals surface area (Å²) in [6, 6.07) is 0.709. The van der Waals surface area contributed by atoms with Gasteiger partial charge in [-0.2, -0.15) is 0 Å². The Labute approximate surface area is 126 Å². The van der Waals surface area contributed by atoms with Crippen molar-refractivity contribution in [1.29, 1.82) is 0 Å². The van der Waals surface area contributed by atoms with Crippen molar-refractivity contribution >= 4 is 0 Å². The highest BCUT2D eigenvalue weighted by molar-refractivity contribution is 4.90. The van der Waals surface area contributed by atoms with Crippen LogP contribution in [0.2, 0.25) is 0 Å². The number of nitrogens with one attached hydrogen (secondary N) is 1. The number of nitrogens with zero attached hydrogens (tertiary/aromatic N) is 1. The summed E-state index contributed by atoms with van der Waals surface area (Å²) in [6.07, 6.45) is 11.4. The summed E-state index contributed by atoms with van der Waals surface area (Å²) in [5.74, 6) is 1.02. The largest absolute Gasteiger partial charge is 0.316 e. The minimum absolute atomic E-state index is 0.562. The molecule has 2 nitrogen and oxygen atoms in total. The van der Waals surface area contributed by atoms with Crippen molar-refractivity contribution in [2.45, 2.75) is 78.2 Å². The molecular formula is C18H36N2. The molecular weight excluding hydrogens is 244 g/mol. The molecule has 0 aromatic rings. The molecule has 0 aliphatic heterocycles. The van der Waals surface area contributed by atoms with Crippen molar-refractivity contribution in [3.8, 4) is 0 Å². The van der Waals surface area contributed by atoms with Gasteiger partial charge in [0.05, 0.1) is 0 Å². The molecule has 2 heteroatoms. The van der Waals surface area contributed by atoms with Crippen LogP contribution in [0.1, 0.15) is 72.1 Å². The lowest BCUT2D eigenvalue weighted by Crippen LogP contribution is -2.48. The van der Waals surface area contributed by atoms with E-state index in [-0.39, 0.29) is 0 Å². The Balaban J connectivity index is 1.92. The third-order valence-corrected chi connectivity index (χ3v) is 5.30. The topological polar surface area (TPSA) is 15.3 Å². The predicted octanol–water partition coefficient (Wildman–Crippen LogP) is 4.06. The van der Waals surface area contributed by atoms with E-state index in [1.165, 1.54) is 77.5 Å². The second-order valence-corrected chi connectivity index (χ2v) is 7.70. The number of hydrogen-bond donors (Lipinski definition) is 1. The number of hydrogen-bond acceptors (Lipinski definition) is 2. The van der Waals surface area contributed by atoms with Crippen LogP contribution in [-0.4, -0.2) is 37.1 Å². The smallest absolute Gasteiger partial charge is 0.00530 e. The van der Waals surface area contributed by atoms with Gasteiger partial charge in [0.25, 0.3) is 0 Å². The van der Waals surface area contributed by atoms with Gasteiger partial charge in [-0.3, -0.25) is 0 Å². The molecule has 0 amide bonds. The molecule has 0 aromatic heterocycles. The molecule has 0 spiro atoms. The Hall–Kier alpha value is -0.0800. The molecule has 20 heavy (non-hydrogen) atoms. The van der Waals surface area contributed by atoms with Crippen LogP contribution >= 0.6 is 0 Å². The maximum absolute atomic E-state index is 3.73. The van der Waals surface area contributed by atoms with E-state index in [0.29, 0.717) is 11.5 Å². The monoisotopic (exact) mass is 280 g/mol. The SMILES string of the molecule is CCCNCC1(CN(CC2CC2)C(C)C)CCCCC1. The van der Waals surface area contributed by atoms with Gasteiger partial charge in [0.2, 0.25) is 0 Å². The molecule has 2 saturated carbocycles. The Morgan fingerprint density at radius 1 is 1.15 bits per heavy atom. The normalized spacial score (nSPS) is 22.6. The molecule has 118 valence electrons. The molecule has 1 N–H and O–H groups in total. The lowest BCUT2D eigenvalue weighted by molar-refractivity contribution is 0.0802. The lowest BCUT2D eigenvalue weighted by atomic mass is 9.73. The summed E-state index contributed by atoms with van der Waals surface area (Å²) < 4.78 is 0. The lowest BCUT2D eigenvalue weighted by Gasteiger charge is -2.43. The van der Waals surface area contributed by atoms with Crippen molar-refractivity contribution in [2.75, 3.05) is 26.2 Å². The molecule has 2 aliphatic carbocycles. The van der Waals surface area contributed by atoms with E-state index in [1.54, 1.807) is 0 Å². The van der Waals surface area contributed by atoms with Gasteiger partial charge in [0, 0.05) is 25.7 Å². The molecule has 0 saturated heterocycles. The van der Waals surface area contributed by atoms with Gasteiger partial charge in [-0.15, -0.1) is 0 Å². The van der Waals surface area contributed by atoms with Gasteiger partial charge < -0.3 is 10.2 Å². The molecule has 2 rings (SSSR count). The Morgan fingerprint density at radius 3 is 2.40 bits per heavy atom. The van der Waals surface area contributed by atoms with E-state index in [4.69, 9.17) is 0 Å². The summed E-state index contributed by atoms with van der Waals surface area (Å²) in [7, 11) is 0. The van der Waals surface area contributed by atoms with E-state index in [0.717, 1.165) is 5.92 Å². The van der Waals surface area contributed by atoms with Crippen LogP contribution in [0.5, 0.6) is 0 Å². The Kier molecular flexibility index (Phi) is 6.35. The molecule has 0 aromatic carbocycles. The Bertz CT molecular complexity index is 265. The quantitative estimate of drug-likeness (QED) is 0.641. The minimum atomic E-state index is 0.562. The fourth-order valence-corrected chi connectivity index (χ4v) is 3.74. The minimum Gasteiger partial charge on any atom is -0.316 e. The van der Waals surface area contributed by atoms with Gasteiger partial charge in [-0.05, 0) is 63.8 Å². The maximum Gasteiger partial charge on any atom is 0.00530 e. The van der Waals surface area contributed by atoms with Gasteiger partial charge in [-0.25, -0.2) is 0 Å². The average molecular weight is 280 g/mol. The summed E-state index contributed by atoms with van der Waals surface area (Å²) in [6.45, 7) is 12.2. The van der Waals surface area contributed by atoms with Crippen LogP contribution in [0.4, 0.5) is 0 Å². The third kappa shape index (κ3) is 5.04. The van der Waals surface area contributed by atoms with Gasteiger partial charge in [0.15, 0.2) is 0 Å². The molecule has 2 aliphatic rings. The first kappa shape index (κ1) is 16.3. The number of rotatable bonds is 9. The van der Waals surface area contributed by atoms with Crippen LogP contribution in [0, 0.1) is 11.3 Å². The van der Waals surface area contributed by atoms with Gasteiger partial charge in [0.1, 0.15) is 0 Å². The van der Waals surface area contributed by atoms with Crippen molar-refractivity contribution < 1.29 is 0 Å². The summed E-state index contributed by atoms with van der Waals surface area (Å²) >= 11 is 0. The predicted molar refractivity (Wildman–Crippen MR) is 88.1 cm³/mol. The molecule has 0 radical (unpaired) electrons. The van der Waals surface area contributed by atoms with Crippen molar-refractivity contribution in [3.63, 3.8) is 0 Å². The zero-order valence-electron chi connectivity index (χ0n) is 14.1. The maximum atomic E-state index is 3.73. The highest BCUT2D eigenvalue weighted by Gasteiger charge is 2.35. The summed E-state index contributed by atoms with van der Waals surface area (Å²) in [5, 5.41) is 3.73. The highest BCUT2D eigenvalue weighted by atomic mass is 15.2. The van der Waals surface area contributed by atoms with E-state index in [9.17, 15) is 0 Å². The highest BCUT2D eigenvalue weighted by Crippen LogP contribution is 2.38. The van der Waals surface area contributed by atoms with E-state index >= 15 is 0 Å². The van der Waals surface area contributed by atoms with Crippen molar-refractivity contribution in [3.05, 3.63) is 0 Å². The Morgan fingerprint density at radius 2 is 1.85 bits per heavy atom. The fraction of sp³-hybridized carbons (Fsp3) is 1.00. The van der Waals surface area contributed by atoms with Crippen LogP contribution in [0.25, 0.3) is 0 Å². The van der Waals surface area contributed by atoms with Crippen molar-refractivity contribution in [2.24, 2.45) is 11.3 Å². The van der Waals surface area contributed by atoms with Gasteiger partial charge in [-0.1, -0.05) is 26.2 Å². The zero-order valence-corrected chi connectivity index (χ0v) is 14.1. The molecule has 0 bridgehead atoms. The average Bonchev–Trinajstić information content (AvgIpc) is 3.23.